The Morgan fingerprint density at radius 2 is 2.10 bits per heavy atom. The zero-order valence-corrected chi connectivity index (χ0v) is 15.3. The Morgan fingerprint density at radius 1 is 1.33 bits per heavy atom. The van der Waals surface area contributed by atoms with Crippen molar-refractivity contribution in [3.05, 3.63) is 33.4 Å². The molecule has 1 aromatic carbocycles. The number of hydrogen-bond donors (Lipinski definition) is 1. The van der Waals surface area contributed by atoms with Crippen molar-refractivity contribution in [2.45, 2.75) is 38.8 Å². The minimum atomic E-state index is 0.296. The van der Waals surface area contributed by atoms with E-state index in [1.807, 2.05) is 0 Å². The highest BCUT2D eigenvalue weighted by Gasteiger charge is 2.27. The van der Waals surface area contributed by atoms with E-state index in [9.17, 15) is 0 Å². The molecule has 1 saturated heterocycles. The predicted molar refractivity (Wildman–Crippen MR) is 96.8 cm³/mol. The van der Waals surface area contributed by atoms with Crippen molar-refractivity contribution in [3.8, 4) is 0 Å². The van der Waals surface area contributed by atoms with Crippen LogP contribution in [-0.4, -0.2) is 49.8 Å². The van der Waals surface area contributed by atoms with Crippen LogP contribution in [0.5, 0.6) is 0 Å². The van der Waals surface area contributed by atoms with Crippen molar-refractivity contribution in [2.75, 3.05) is 32.8 Å². The average Bonchev–Trinajstić information content (AvgIpc) is 2.53. The summed E-state index contributed by atoms with van der Waals surface area (Å²) in [6.07, 6.45) is 2.50. The maximum absolute atomic E-state index is 6.06. The van der Waals surface area contributed by atoms with Crippen LogP contribution in [0.1, 0.15) is 25.8 Å². The Labute approximate surface area is 142 Å². The molecule has 0 bridgehead atoms. The molecule has 3 nitrogen and oxygen atoms in total. The van der Waals surface area contributed by atoms with Crippen LogP contribution in [0.4, 0.5) is 0 Å². The fourth-order valence-corrected chi connectivity index (χ4v) is 3.16. The van der Waals surface area contributed by atoms with E-state index in [-0.39, 0.29) is 0 Å². The highest BCUT2D eigenvalue weighted by Crippen LogP contribution is 2.15. The molecule has 118 valence electrons. The number of hydrogen-bond acceptors (Lipinski definition) is 3. The van der Waals surface area contributed by atoms with Gasteiger partial charge in [0.15, 0.2) is 0 Å². The van der Waals surface area contributed by atoms with Crippen LogP contribution in [0, 0.1) is 3.57 Å². The maximum Gasteiger partial charge on any atom is 0.0858 e. The summed E-state index contributed by atoms with van der Waals surface area (Å²) in [5.41, 5.74) is 1.39. The molecule has 0 radical (unpaired) electrons. The van der Waals surface area contributed by atoms with Crippen molar-refractivity contribution in [3.63, 3.8) is 0 Å². The van der Waals surface area contributed by atoms with Gasteiger partial charge in [-0.25, -0.2) is 0 Å². The molecule has 1 aliphatic heterocycles. The highest BCUT2D eigenvalue weighted by atomic mass is 127. The molecular weight excluding hydrogens is 375 g/mol. The van der Waals surface area contributed by atoms with Crippen LogP contribution in [0.15, 0.2) is 24.3 Å². The van der Waals surface area contributed by atoms with Gasteiger partial charge in [-0.3, -0.25) is 4.90 Å². The Bertz CT molecular complexity index is 410. The van der Waals surface area contributed by atoms with Crippen molar-refractivity contribution in [2.24, 2.45) is 0 Å². The second-order valence-electron chi connectivity index (χ2n) is 5.69. The second kappa shape index (κ2) is 9.08. The third kappa shape index (κ3) is 5.51. The highest BCUT2D eigenvalue weighted by molar-refractivity contribution is 14.1. The summed E-state index contributed by atoms with van der Waals surface area (Å²) >= 11 is 2.36. The quantitative estimate of drug-likeness (QED) is 0.710. The van der Waals surface area contributed by atoms with E-state index in [0.29, 0.717) is 12.1 Å². The molecule has 4 heteroatoms. The van der Waals surface area contributed by atoms with E-state index < -0.39 is 0 Å². The van der Waals surface area contributed by atoms with Gasteiger partial charge in [-0.15, -0.1) is 0 Å². The van der Waals surface area contributed by atoms with Gasteiger partial charge < -0.3 is 10.1 Å². The second-order valence-corrected chi connectivity index (χ2v) is 6.94. The van der Waals surface area contributed by atoms with E-state index in [1.54, 1.807) is 0 Å². The standard InChI is InChI=1S/C17H27IN2O/c1-3-9-19-16(12-14-5-7-15(18)8-6-14)17-13-20(4-2)10-11-21-17/h5-8,16-17,19H,3-4,9-13H2,1-2H3. The number of rotatable bonds is 7. The van der Waals surface area contributed by atoms with Gasteiger partial charge in [0.2, 0.25) is 0 Å². The summed E-state index contributed by atoms with van der Waals surface area (Å²) < 4.78 is 7.35. The van der Waals surface area contributed by atoms with Gasteiger partial charge >= 0.3 is 0 Å². The van der Waals surface area contributed by atoms with Crippen LogP contribution in [0.3, 0.4) is 0 Å². The topological polar surface area (TPSA) is 24.5 Å². The van der Waals surface area contributed by atoms with Crippen LogP contribution < -0.4 is 5.32 Å². The maximum atomic E-state index is 6.06. The van der Waals surface area contributed by atoms with Crippen LogP contribution in [-0.2, 0) is 11.2 Å². The molecule has 1 fully saturated rings. The molecule has 1 N–H and O–H groups in total. The van der Waals surface area contributed by atoms with E-state index >= 15 is 0 Å². The molecule has 2 rings (SSSR count). The fraction of sp³-hybridized carbons (Fsp3) is 0.647. The summed E-state index contributed by atoms with van der Waals surface area (Å²) in [4.78, 5) is 2.49. The summed E-state index contributed by atoms with van der Waals surface area (Å²) in [7, 11) is 0. The Kier molecular flexibility index (Phi) is 7.43. The van der Waals surface area contributed by atoms with E-state index in [4.69, 9.17) is 4.74 Å². The lowest BCUT2D eigenvalue weighted by molar-refractivity contribution is -0.0447. The molecule has 0 spiro atoms. The van der Waals surface area contributed by atoms with Gasteiger partial charge in [0.25, 0.3) is 0 Å². The minimum Gasteiger partial charge on any atom is -0.374 e. The molecule has 2 atom stereocenters. The van der Waals surface area contributed by atoms with Gasteiger partial charge in [0, 0.05) is 22.7 Å². The van der Waals surface area contributed by atoms with Crippen LogP contribution in [0.25, 0.3) is 0 Å². The third-order valence-corrected chi connectivity index (χ3v) is 4.82. The monoisotopic (exact) mass is 402 g/mol. The number of morpholine rings is 1. The summed E-state index contributed by atoms with van der Waals surface area (Å²) in [5, 5.41) is 3.69. The summed E-state index contributed by atoms with van der Waals surface area (Å²) in [6, 6.07) is 9.25. The molecular formula is C17H27IN2O. The minimum absolute atomic E-state index is 0.296. The summed E-state index contributed by atoms with van der Waals surface area (Å²) in [6.45, 7) is 9.59. The first-order valence-electron chi connectivity index (χ1n) is 8.04. The number of benzene rings is 1. The molecule has 0 aromatic heterocycles. The number of likely N-dealkylation sites (N-methyl/N-ethyl adjacent to an activating group) is 1. The molecule has 0 aliphatic carbocycles. The lowest BCUT2D eigenvalue weighted by Crippen LogP contribution is -2.53. The zero-order chi connectivity index (χ0) is 15.1. The smallest absolute Gasteiger partial charge is 0.0858 e. The molecule has 2 unspecified atom stereocenters. The summed E-state index contributed by atoms with van der Waals surface area (Å²) in [5.74, 6) is 0. The first-order valence-corrected chi connectivity index (χ1v) is 9.12. The average molecular weight is 402 g/mol. The Hall–Kier alpha value is -0.170. The van der Waals surface area contributed by atoms with Crippen LogP contribution >= 0.6 is 22.6 Å². The first-order chi connectivity index (χ1) is 10.2. The molecule has 1 aliphatic rings. The third-order valence-electron chi connectivity index (χ3n) is 4.10. The van der Waals surface area contributed by atoms with Crippen molar-refractivity contribution >= 4 is 22.6 Å². The van der Waals surface area contributed by atoms with Gasteiger partial charge in [0.05, 0.1) is 12.7 Å². The zero-order valence-electron chi connectivity index (χ0n) is 13.1. The lowest BCUT2D eigenvalue weighted by Gasteiger charge is -2.37. The van der Waals surface area contributed by atoms with Crippen molar-refractivity contribution < 1.29 is 4.74 Å². The van der Waals surface area contributed by atoms with E-state index in [1.165, 1.54) is 9.13 Å². The largest absolute Gasteiger partial charge is 0.374 e. The first kappa shape index (κ1) is 17.2. The number of nitrogens with one attached hydrogen (secondary N) is 1. The van der Waals surface area contributed by atoms with Gasteiger partial charge in [-0.2, -0.15) is 0 Å². The molecule has 0 saturated carbocycles. The van der Waals surface area contributed by atoms with Crippen molar-refractivity contribution in [1.29, 1.82) is 0 Å². The number of nitrogens with zero attached hydrogens (tertiary/aromatic N) is 1. The van der Waals surface area contributed by atoms with Gasteiger partial charge in [-0.05, 0) is 66.2 Å². The molecule has 1 heterocycles. The van der Waals surface area contributed by atoms with Crippen molar-refractivity contribution in [1.82, 2.24) is 10.2 Å². The van der Waals surface area contributed by atoms with Gasteiger partial charge in [0.1, 0.15) is 0 Å². The number of ether oxygens (including phenoxy) is 1. The van der Waals surface area contributed by atoms with Gasteiger partial charge in [-0.1, -0.05) is 26.0 Å². The molecule has 1 aromatic rings. The number of halogens is 1. The van der Waals surface area contributed by atoms with E-state index in [2.05, 4.69) is 70.9 Å². The molecule has 0 amide bonds. The normalized spacial score (nSPS) is 21.4. The Morgan fingerprint density at radius 3 is 2.76 bits per heavy atom. The fourth-order valence-electron chi connectivity index (χ4n) is 2.80. The lowest BCUT2D eigenvalue weighted by atomic mass is 9.99. The Balaban J connectivity index is 2.00. The SMILES string of the molecule is CCCNC(Cc1ccc(I)cc1)C1CN(CC)CCO1. The van der Waals surface area contributed by atoms with Crippen LogP contribution in [0.2, 0.25) is 0 Å². The van der Waals surface area contributed by atoms with E-state index in [0.717, 1.165) is 45.6 Å². The predicted octanol–water partition coefficient (Wildman–Crippen LogP) is 2.92. The molecule has 21 heavy (non-hydrogen) atoms.